The van der Waals surface area contributed by atoms with Crippen LogP contribution in [-0.4, -0.2) is 23.6 Å². The van der Waals surface area contributed by atoms with Crippen molar-refractivity contribution in [3.05, 3.63) is 11.5 Å². The lowest BCUT2D eigenvalue weighted by molar-refractivity contribution is 0.710. The molecule has 0 amide bonds. The number of nitriles is 1. The Labute approximate surface area is 93.5 Å². The zero-order valence-electron chi connectivity index (χ0n) is 8.61. The van der Waals surface area contributed by atoms with E-state index in [2.05, 4.69) is 16.0 Å². The van der Waals surface area contributed by atoms with Crippen LogP contribution in [0.25, 0.3) is 0 Å². The van der Waals surface area contributed by atoms with Gasteiger partial charge in [-0.25, -0.2) is 4.98 Å². The second-order valence-corrected chi connectivity index (χ2v) is 3.67. The minimum atomic E-state index is -0.0943. The molecule has 0 bridgehead atoms. The van der Waals surface area contributed by atoms with Crippen molar-refractivity contribution in [1.29, 1.82) is 5.26 Å². The Kier molecular flexibility index (Phi) is 3.69. The second kappa shape index (κ2) is 4.80. The topological polar surface area (TPSA) is 78.8 Å². The molecule has 0 spiro atoms. The SMILES string of the molecule is CC(C#N)CN(C)c1nc(Cl)ncc1N. The molecule has 1 aromatic heterocycles. The van der Waals surface area contributed by atoms with Gasteiger partial charge in [-0.1, -0.05) is 0 Å². The number of hydrogen-bond acceptors (Lipinski definition) is 5. The van der Waals surface area contributed by atoms with E-state index in [1.807, 2.05) is 14.0 Å². The van der Waals surface area contributed by atoms with Crippen molar-refractivity contribution in [2.24, 2.45) is 5.92 Å². The average molecular weight is 226 g/mol. The summed E-state index contributed by atoms with van der Waals surface area (Å²) in [7, 11) is 1.81. The molecule has 0 aliphatic heterocycles. The Morgan fingerprint density at radius 2 is 2.40 bits per heavy atom. The van der Waals surface area contributed by atoms with Gasteiger partial charge in [0.05, 0.1) is 23.9 Å². The number of nitrogens with two attached hydrogens (primary N) is 1. The summed E-state index contributed by atoms with van der Waals surface area (Å²) < 4.78 is 0. The number of anilines is 2. The van der Waals surface area contributed by atoms with Gasteiger partial charge in [0.2, 0.25) is 5.28 Å². The Morgan fingerprint density at radius 3 is 3.00 bits per heavy atom. The standard InChI is InChI=1S/C9H12ClN5/c1-6(3-11)5-15(2)8-7(12)4-13-9(10)14-8/h4,6H,5,12H2,1-2H3. The fraction of sp³-hybridized carbons (Fsp3) is 0.444. The summed E-state index contributed by atoms with van der Waals surface area (Å²) in [5.41, 5.74) is 6.15. The molecular weight excluding hydrogens is 214 g/mol. The maximum absolute atomic E-state index is 8.69. The van der Waals surface area contributed by atoms with Crippen LogP contribution >= 0.6 is 11.6 Å². The normalized spacial score (nSPS) is 11.9. The Hall–Kier alpha value is -1.54. The van der Waals surface area contributed by atoms with Crippen LogP contribution in [-0.2, 0) is 0 Å². The van der Waals surface area contributed by atoms with Gasteiger partial charge in [-0.3, -0.25) is 0 Å². The van der Waals surface area contributed by atoms with Crippen molar-refractivity contribution in [3.8, 4) is 6.07 Å². The maximum Gasteiger partial charge on any atom is 0.224 e. The van der Waals surface area contributed by atoms with Gasteiger partial charge in [-0.05, 0) is 18.5 Å². The maximum atomic E-state index is 8.69. The molecule has 0 saturated carbocycles. The Bertz CT molecular complexity index is 387. The lowest BCUT2D eigenvalue weighted by Gasteiger charge is -2.20. The zero-order valence-corrected chi connectivity index (χ0v) is 9.36. The van der Waals surface area contributed by atoms with Gasteiger partial charge in [0.25, 0.3) is 0 Å². The molecule has 15 heavy (non-hydrogen) atoms. The molecule has 2 N–H and O–H groups in total. The van der Waals surface area contributed by atoms with Crippen LogP contribution < -0.4 is 10.6 Å². The third-order valence-corrected chi connectivity index (χ3v) is 2.08. The first kappa shape index (κ1) is 11.5. The van der Waals surface area contributed by atoms with Gasteiger partial charge in [-0.2, -0.15) is 10.2 Å². The molecule has 1 heterocycles. The number of aromatic nitrogens is 2. The fourth-order valence-electron chi connectivity index (χ4n) is 1.21. The van der Waals surface area contributed by atoms with E-state index >= 15 is 0 Å². The molecule has 1 rings (SSSR count). The molecule has 5 nitrogen and oxygen atoms in total. The molecule has 0 saturated heterocycles. The number of hydrogen-bond donors (Lipinski definition) is 1. The Balaban J connectivity index is 2.86. The highest BCUT2D eigenvalue weighted by molar-refractivity contribution is 6.28. The number of nitrogens with zero attached hydrogens (tertiary/aromatic N) is 4. The first-order valence-electron chi connectivity index (χ1n) is 4.43. The van der Waals surface area contributed by atoms with Gasteiger partial charge >= 0.3 is 0 Å². The first-order valence-corrected chi connectivity index (χ1v) is 4.81. The minimum absolute atomic E-state index is 0.0943. The summed E-state index contributed by atoms with van der Waals surface area (Å²) in [4.78, 5) is 9.55. The second-order valence-electron chi connectivity index (χ2n) is 3.33. The predicted molar refractivity (Wildman–Crippen MR) is 59.5 cm³/mol. The molecule has 0 aliphatic carbocycles. The highest BCUT2D eigenvalue weighted by Gasteiger charge is 2.11. The van der Waals surface area contributed by atoms with E-state index in [9.17, 15) is 0 Å². The summed E-state index contributed by atoms with van der Waals surface area (Å²) >= 11 is 5.66. The van der Waals surface area contributed by atoms with E-state index in [0.717, 1.165) is 0 Å². The number of nitrogen functional groups attached to an aromatic ring is 1. The summed E-state index contributed by atoms with van der Waals surface area (Å²) in [6.45, 7) is 2.38. The largest absolute Gasteiger partial charge is 0.394 e. The van der Waals surface area contributed by atoms with Crippen LogP contribution in [0.5, 0.6) is 0 Å². The molecule has 1 aromatic rings. The van der Waals surface area contributed by atoms with Crippen LogP contribution in [0, 0.1) is 17.2 Å². The Morgan fingerprint density at radius 1 is 1.73 bits per heavy atom. The van der Waals surface area contributed by atoms with Gasteiger partial charge in [0, 0.05) is 13.6 Å². The van der Waals surface area contributed by atoms with Gasteiger partial charge < -0.3 is 10.6 Å². The molecule has 1 atom stereocenters. The lowest BCUT2D eigenvalue weighted by Crippen LogP contribution is -2.25. The molecular formula is C9H12ClN5. The van der Waals surface area contributed by atoms with Gasteiger partial charge in [0.1, 0.15) is 0 Å². The predicted octanol–water partition coefficient (Wildman–Crippen LogP) is 1.31. The molecule has 0 fully saturated rings. The van der Waals surface area contributed by atoms with Crippen molar-refractivity contribution in [1.82, 2.24) is 9.97 Å². The highest BCUT2D eigenvalue weighted by atomic mass is 35.5. The summed E-state index contributed by atoms with van der Waals surface area (Å²) in [6.07, 6.45) is 1.46. The monoisotopic (exact) mass is 225 g/mol. The first-order chi connectivity index (χ1) is 7.04. The summed E-state index contributed by atoms with van der Waals surface area (Å²) in [5, 5.41) is 8.84. The number of rotatable bonds is 3. The smallest absolute Gasteiger partial charge is 0.224 e. The quantitative estimate of drug-likeness (QED) is 0.785. The van der Waals surface area contributed by atoms with Crippen LogP contribution in [0.15, 0.2) is 6.20 Å². The van der Waals surface area contributed by atoms with Gasteiger partial charge in [-0.15, -0.1) is 0 Å². The molecule has 80 valence electrons. The molecule has 0 radical (unpaired) electrons. The van der Waals surface area contributed by atoms with Crippen LogP contribution in [0.4, 0.5) is 11.5 Å². The van der Waals surface area contributed by atoms with Crippen LogP contribution in [0.1, 0.15) is 6.92 Å². The van der Waals surface area contributed by atoms with E-state index in [1.54, 1.807) is 4.90 Å². The van der Waals surface area contributed by atoms with Crippen molar-refractivity contribution in [2.45, 2.75) is 6.92 Å². The minimum Gasteiger partial charge on any atom is -0.394 e. The fourth-order valence-corrected chi connectivity index (χ4v) is 1.33. The zero-order chi connectivity index (χ0) is 11.4. The molecule has 1 unspecified atom stereocenters. The van der Waals surface area contributed by atoms with E-state index in [4.69, 9.17) is 22.6 Å². The lowest BCUT2D eigenvalue weighted by atomic mass is 10.2. The van der Waals surface area contributed by atoms with E-state index in [0.29, 0.717) is 18.1 Å². The summed E-state index contributed by atoms with van der Waals surface area (Å²) in [6, 6.07) is 2.14. The molecule has 0 aliphatic rings. The average Bonchev–Trinajstić information content (AvgIpc) is 2.21. The third kappa shape index (κ3) is 2.96. The van der Waals surface area contributed by atoms with E-state index < -0.39 is 0 Å². The molecule has 6 heteroatoms. The van der Waals surface area contributed by atoms with Crippen LogP contribution in [0.2, 0.25) is 5.28 Å². The van der Waals surface area contributed by atoms with Crippen molar-refractivity contribution < 1.29 is 0 Å². The number of halogens is 1. The van der Waals surface area contributed by atoms with Crippen LogP contribution in [0.3, 0.4) is 0 Å². The van der Waals surface area contributed by atoms with Gasteiger partial charge in [0.15, 0.2) is 5.82 Å². The van der Waals surface area contributed by atoms with Crippen molar-refractivity contribution in [2.75, 3.05) is 24.2 Å². The molecule has 0 aromatic carbocycles. The van der Waals surface area contributed by atoms with Crippen molar-refractivity contribution in [3.63, 3.8) is 0 Å². The van der Waals surface area contributed by atoms with Crippen molar-refractivity contribution >= 4 is 23.1 Å². The summed E-state index contributed by atoms with van der Waals surface area (Å²) in [5.74, 6) is 0.459. The third-order valence-electron chi connectivity index (χ3n) is 1.90. The van der Waals surface area contributed by atoms with E-state index in [-0.39, 0.29) is 11.2 Å². The van der Waals surface area contributed by atoms with E-state index in [1.165, 1.54) is 6.20 Å². The highest BCUT2D eigenvalue weighted by Crippen LogP contribution is 2.20.